The van der Waals surface area contributed by atoms with E-state index >= 15 is 0 Å². The molecule has 0 aromatic heterocycles. The lowest BCUT2D eigenvalue weighted by atomic mass is 10.0. The Labute approximate surface area is 198 Å². The van der Waals surface area contributed by atoms with E-state index in [1.807, 2.05) is 60.7 Å². The fourth-order valence-electron chi connectivity index (χ4n) is 3.28. The van der Waals surface area contributed by atoms with Crippen molar-refractivity contribution in [3.63, 3.8) is 0 Å². The van der Waals surface area contributed by atoms with Crippen LogP contribution in [0.2, 0.25) is 5.02 Å². The van der Waals surface area contributed by atoms with Gasteiger partial charge in [0.1, 0.15) is 12.4 Å². The van der Waals surface area contributed by atoms with Crippen LogP contribution in [0.5, 0.6) is 5.75 Å². The van der Waals surface area contributed by atoms with E-state index in [4.69, 9.17) is 21.1 Å². The van der Waals surface area contributed by atoms with Gasteiger partial charge in [-0.25, -0.2) is 9.86 Å². The summed E-state index contributed by atoms with van der Waals surface area (Å²) in [5, 5.41) is 11.4. The van der Waals surface area contributed by atoms with Gasteiger partial charge in [-0.1, -0.05) is 78.3 Å². The summed E-state index contributed by atoms with van der Waals surface area (Å²) in [6.07, 6.45) is -0.00515. The van der Waals surface area contributed by atoms with Gasteiger partial charge in [0.2, 0.25) is 0 Å². The average Bonchev–Trinajstić information content (AvgIpc) is 2.83. The third-order valence-corrected chi connectivity index (χ3v) is 5.27. The first-order valence-corrected chi connectivity index (χ1v) is 11.0. The van der Waals surface area contributed by atoms with Crippen molar-refractivity contribution < 1.29 is 24.3 Å². The van der Waals surface area contributed by atoms with Crippen LogP contribution >= 0.6 is 11.6 Å². The van der Waals surface area contributed by atoms with E-state index in [1.54, 1.807) is 25.1 Å². The first-order chi connectivity index (χ1) is 16.0. The second kappa shape index (κ2) is 12.0. The lowest BCUT2D eigenvalue weighted by molar-refractivity contribution is -0.187. The van der Waals surface area contributed by atoms with E-state index in [9.17, 15) is 14.8 Å². The lowest BCUT2D eigenvalue weighted by Crippen LogP contribution is -2.45. The standard InChI is InChI=1S/C26H26ClNO5/c1-2-32-26(30)23(16-19-9-5-3-6-10-19)28(31)25(29)17-21-13-14-24(22(27)15-21)33-18-20-11-7-4-8-12-20/h3-15,23,31H,2,16-18H2,1H3. The molecule has 0 aliphatic rings. The minimum atomic E-state index is -1.15. The number of halogens is 1. The monoisotopic (exact) mass is 467 g/mol. The summed E-state index contributed by atoms with van der Waals surface area (Å²) < 4.78 is 10.8. The number of hydrogen-bond acceptors (Lipinski definition) is 5. The van der Waals surface area contributed by atoms with Crippen LogP contribution in [0, 0.1) is 0 Å². The van der Waals surface area contributed by atoms with Gasteiger partial charge in [-0.15, -0.1) is 0 Å². The molecule has 0 radical (unpaired) electrons. The van der Waals surface area contributed by atoms with Crippen LogP contribution in [0.4, 0.5) is 0 Å². The van der Waals surface area contributed by atoms with E-state index in [-0.39, 0.29) is 19.4 Å². The lowest BCUT2D eigenvalue weighted by Gasteiger charge is -2.24. The number of carbonyl (C=O) groups is 2. The zero-order chi connectivity index (χ0) is 23.6. The fourth-order valence-corrected chi connectivity index (χ4v) is 3.54. The predicted molar refractivity (Wildman–Crippen MR) is 125 cm³/mol. The molecule has 6 nitrogen and oxygen atoms in total. The van der Waals surface area contributed by atoms with Gasteiger partial charge in [0.25, 0.3) is 5.91 Å². The number of carbonyl (C=O) groups excluding carboxylic acids is 2. The largest absolute Gasteiger partial charge is 0.487 e. The highest BCUT2D eigenvalue weighted by Crippen LogP contribution is 2.27. The van der Waals surface area contributed by atoms with Crippen LogP contribution in [0.1, 0.15) is 23.6 Å². The second-order valence-electron chi connectivity index (χ2n) is 7.41. The molecule has 0 aliphatic heterocycles. The highest BCUT2D eigenvalue weighted by molar-refractivity contribution is 6.32. The van der Waals surface area contributed by atoms with Crippen LogP contribution in [0.25, 0.3) is 0 Å². The van der Waals surface area contributed by atoms with E-state index in [0.29, 0.717) is 28.0 Å². The summed E-state index contributed by atoms with van der Waals surface area (Å²) in [4.78, 5) is 25.2. The molecular formula is C26H26ClNO5. The highest BCUT2D eigenvalue weighted by Gasteiger charge is 2.30. The summed E-state index contributed by atoms with van der Waals surface area (Å²) in [5.74, 6) is -0.816. The van der Waals surface area contributed by atoms with Crippen LogP contribution in [-0.4, -0.2) is 34.8 Å². The molecule has 33 heavy (non-hydrogen) atoms. The van der Waals surface area contributed by atoms with E-state index < -0.39 is 17.9 Å². The van der Waals surface area contributed by atoms with Gasteiger partial charge in [0, 0.05) is 6.42 Å². The number of esters is 1. The molecule has 1 atom stereocenters. The molecule has 1 unspecified atom stereocenters. The van der Waals surface area contributed by atoms with Crippen LogP contribution in [-0.2, 0) is 33.8 Å². The molecule has 0 aliphatic carbocycles. The van der Waals surface area contributed by atoms with Crippen molar-refractivity contribution in [2.75, 3.05) is 6.61 Å². The Morgan fingerprint density at radius 3 is 2.18 bits per heavy atom. The number of amides is 1. The number of hydrogen-bond donors (Lipinski definition) is 1. The predicted octanol–water partition coefficient (Wildman–Crippen LogP) is 4.85. The molecule has 0 spiro atoms. The Bertz CT molecular complexity index is 1060. The van der Waals surface area contributed by atoms with Crippen molar-refractivity contribution in [1.82, 2.24) is 5.06 Å². The van der Waals surface area contributed by atoms with Crippen molar-refractivity contribution >= 4 is 23.5 Å². The maximum Gasteiger partial charge on any atom is 0.331 e. The summed E-state index contributed by atoms with van der Waals surface area (Å²) in [7, 11) is 0. The number of nitrogens with zero attached hydrogens (tertiary/aromatic N) is 1. The minimum Gasteiger partial charge on any atom is -0.487 e. The van der Waals surface area contributed by atoms with Gasteiger partial charge in [-0.3, -0.25) is 10.0 Å². The van der Waals surface area contributed by atoms with Crippen molar-refractivity contribution in [3.05, 3.63) is 101 Å². The van der Waals surface area contributed by atoms with Crippen LogP contribution in [0.3, 0.4) is 0 Å². The van der Waals surface area contributed by atoms with Crippen LogP contribution < -0.4 is 4.74 Å². The summed E-state index contributed by atoms with van der Waals surface area (Å²) in [5.41, 5.74) is 2.39. The Hall–Kier alpha value is -3.35. The topological polar surface area (TPSA) is 76.1 Å². The third kappa shape index (κ3) is 7.07. The molecule has 1 N–H and O–H groups in total. The van der Waals surface area contributed by atoms with Crippen LogP contribution in [0.15, 0.2) is 78.9 Å². The molecule has 0 saturated heterocycles. The Morgan fingerprint density at radius 2 is 1.58 bits per heavy atom. The average molecular weight is 468 g/mol. The summed E-state index contributed by atoms with van der Waals surface area (Å²) in [6, 6.07) is 22.7. The molecule has 172 valence electrons. The van der Waals surface area contributed by atoms with Crippen molar-refractivity contribution in [2.45, 2.75) is 32.4 Å². The Kier molecular flexibility index (Phi) is 8.87. The zero-order valence-electron chi connectivity index (χ0n) is 18.3. The fraction of sp³-hybridized carbons (Fsp3) is 0.231. The Balaban J connectivity index is 1.66. The first kappa shape index (κ1) is 24.3. The first-order valence-electron chi connectivity index (χ1n) is 10.6. The van der Waals surface area contributed by atoms with Crippen molar-refractivity contribution in [3.8, 4) is 5.75 Å². The maximum absolute atomic E-state index is 12.8. The SMILES string of the molecule is CCOC(=O)C(Cc1ccccc1)N(O)C(=O)Cc1ccc(OCc2ccccc2)c(Cl)c1. The summed E-state index contributed by atoms with van der Waals surface area (Å²) >= 11 is 6.33. The molecule has 3 aromatic rings. The molecular weight excluding hydrogens is 442 g/mol. The molecule has 0 bridgehead atoms. The third-order valence-electron chi connectivity index (χ3n) is 4.97. The number of ether oxygens (including phenoxy) is 2. The molecule has 7 heteroatoms. The number of hydroxylamine groups is 2. The van der Waals surface area contributed by atoms with E-state index in [2.05, 4.69) is 0 Å². The maximum atomic E-state index is 12.8. The normalized spacial score (nSPS) is 11.5. The van der Waals surface area contributed by atoms with Gasteiger partial charge < -0.3 is 9.47 Å². The second-order valence-corrected chi connectivity index (χ2v) is 7.82. The molecule has 0 saturated carbocycles. The molecule has 1 amide bonds. The quantitative estimate of drug-likeness (QED) is 0.262. The molecule has 0 fully saturated rings. The molecule has 0 heterocycles. The smallest absolute Gasteiger partial charge is 0.331 e. The van der Waals surface area contributed by atoms with Gasteiger partial charge in [-0.05, 0) is 35.7 Å². The molecule has 3 rings (SSSR count). The minimum absolute atomic E-state index is 0.134. The number of benzene rings is 3. The van der Waals surface area contributed by atoms with Gasteiger partial charge in [-0.2, -0.15) is 0 Å². The Morgan fingerprint density at radius 1 is 0.939 bits per heavy atom. The highest BCUT2D eigenvalue weighted by atomic mass is 35.5. The van der Waals surface area contributed by atoms with Crippen molar-refractivity contribution in [2.24, 2.45) is 0 Å². The number of rotatable bonds is 10. The van der Waals surface area contributed by atoms with Gasteiger partial charge in [0.15, 0.2) is 6.04 Å². The summed E-state index contributed by atoms with van der Waals surface area (Å²) in [6.45, 7) is 2.18. The molecule has 3 aromatic carbocycles. The van der Waals surface area contributed by atoms with Gasteiger partial charge in [0.05, 0.1) is 18.1 Å². The zero-order valence-corrected chi connectivity index (χ0v) is 19.1. The van der Waals surface area contributed by atoms with Crippen molar-refractivity contribution in [1.29, 1.82) is 0 Å². The van der Waals surface area contributed by atoms with E-state index in [1.165, 1.54) is 0 Å². The van der Waals surface area contributed by atoms with E-state index in [0.717, 1.165) is 11.1 Å². The van der Waals surface area contributed by atoms with Gasteiger partial charge >= 0.3 is 5.97 Å².